The Hall–Kier alpha value is -3.32. The lowest BCUT2D eigenvalue weighted by Gasteiger charge is -2.27. The van der Waals surface area contributed by atoms with E-state index in [1.54, 1.807) is 24.3 Å². The number of rotatable bonds is 5. The number of benzene rings is 2. The summed E-state index contributed by atoms with van der Waals surface area (Å²) >= 11 is 0. The van der Waals surface area contributed by atoms with E-state index in [4.69, 9.17) is 9.84 Å². The van der Waals surface area contributed by atoms with Gasteiger partial charge in [0.05, 0.1) is 30.2 Å². The van der Waals surface area contributed by atoms with Crippen LogP contribution in [0.3, 0.4) is 0 Å². The Balaban J connectivity index is 1.57. The largest absolute Gasteiger partial charge is 0.488 e. The van der Waals surface area contributed by atoms with E-state index in [9.17, 15) is 19.2 Å². The van der Waals surface area contributed by atoms with Crippen LogP contribution in [0.1, 0.15) is 51.1 Å². The number of Topliss-reactive ketones (excluding diaryl/α,β-unsaturated/α-hetero) is 2. The van der Waals surface area contributed by atoms with Crippen molar-refractivity contribution in [1.82, 2.24) is 4.90 Å². The predicted molar refractivity (Wildman–Crippen MR) is 101 cm³/mol. The van der Waals surface area contributed by atoms with Crippen molar-refractivity contribution in [2.24, 2.45) is 0 Å². The second kappa shape index (κ2) is 7.60. The summed E-state index contributed by atoms with van der Waals surface area (Å²) in [4.78, 5) is 50.6. The van der Waals surface area contributed by atoms with Crippen LogP contribution in [0.5, 0.6) is 5.75 Å². The van der Waals surface area contributed by atoms with Gasteiger partial charge in [-0.1, -0.05) is 30.3 Å². The van der Waals surface area contributed by atoms with Crippen molar-refractivity contribution in [3.8, 4) is 5.75 Å². The molecule has 7 heteroatoms. The minimum absolute atomic E-state index is 0.0503. The maximum absolute atomic E-state index is 13.0. The molecule has 2 aliphatic rings. The van der Waals surface area contributed by atoms with Crippen molar-refractivity contribution >= 4 is 23.4 Å². The summed E-state index contributed by atoms with van der Waals surface area (Å²) in [5.41, 5.74) is 1.97. The smallest absolute Gasteiger partial charge is 0.266 e. The monoisotopic (exact) mass is 393 g/mol. The molecule has 1 aliphatic carbocycles. The van der Waals surface area contributed by atoms with Crippen LogP contribution in [0.4, 0.5) is 0 Å². The van der Waals surface area contributed by atoms with Crippen LogP contribution in [0.15, 0.2) is 42.5 Å². The Morgan fingerprint density at radius 1 is 0.966 bits per heavy atom. The summed E-state index contributed by atoms with van der Waals surface area (Å²) in [6, 6.07) is 11.1. The number of nitrogens with zero attached hydrogens (tertiary/aromatic N) is 1. The first-order valence-electron chi connectivity index (χ1n) is 9.36. The molecule has 1 aliphatic heterocycles. The summed E-state index contributed by atoms with van der Waals surface area (Å²) in [5, 5.41) is 9.11. The molecule has 1 saturated carbocycles. The highest BCUT2D eigenvalue weighted by Gasteiger charge is 2.45. The maximum Gasteiger partial charge on any atom is 0.266 e. The van der Waals surface area contributed by atoms with Gasteiger partial charge in [-0.3, -0.25) is 24.1 Å². The minimum atomic E-state index is -0.904. The van der Waals surface area contributed by atoms with Crippen LogP contribution in [-0.4, -0.2) is 39.4 Å². The molecule has 148 valence electrons. The normalized spacial score (nSPS) is 18.9. The quantitative estimate of drug-likeness (QED) is 0.616. The zero-order chi connectivity index (χ0) is 20.5. The molecule has 1 heterocycles. The molecule has 0 radical (unpaired) electrons. The van der Waals surface area contributed by atoms with Gasteiger partial charge in [0, 0.05) is 6.42 Å². The van der Waals surface area contributed by atoms with Gasteiger partial charge in [0.2, 0.25) is 0 Å². The Labute approximate surface area is 166 Å². The van der Waals surface area contributed by atoms with E-state index in [1.807, 2.05) is 12.1 Å². The van der Waals surface area contributed by atoms with Crippen LogP contribution < -0.4 is 4.74 Å². The summed E-state index contributed by atoms with van der Waals surface area (Å²) < 4.78 is 5.81. The number of ether oxygens (including phenoxy) is 1. The fourth-order valence-corrected chi connectivity index (χ4v) is 3.71. The van der Waals surface area contributed by atoms with Gasteiger partial charge in [0.25, 0.3) is 11.8 Å². The highest BCUT2D eigenvalue weighted by molar-refractivity contribution is 6.24. The summed E-state index contributed by atoms with van der Waals surface area (Å²) in [6.45, 7) is 0.131. The molecule has 29 heavy (non-hydrogen) atoms. The van der Waals surface area contributed by atoms with Gasteiger partial charge < -0.3 is 9.84 Å². The lowest BCUT2D eigenvalue weighted by atomic mass is 9.92. The fraction of sp³-hybridized carbons (Fsp3) is 0.273. The Morgan fingerprint density at radius 2 is 1.69 bits per heavy atom. The van der Waals surface area contributed by atoms with E-state index in [0.717, 1.165) is 16.0 Å². The molecule has 2 aromatic carbocycles. The maximum atomic E-state index is 13.0. The number of hydrogen-bond acceptors (Lipinski definition) is 6. The Morgan fingerprint density at radius 3 is 2.38 bits per heavy atom. The number of aliphatic hydroxyl groups is 1. The van der Waals surface area contributed by atoms with E-state index in [1.165, 1.54) is 6.07 Å². The lowest BCUT2D eigenvalue weighted by Crippen LogP contribution is -2.47. The van der Waals surface area contributed by atoms with Crippen LogP contribution in [0.25, 0.3) is 0 Å². The lowest BCUT2D eigenvalue weighted by molar-refractivity contribution is -0.132. The van der Waals surface area contributed by atoms with Gasteiger partial charge in [-0.15, -0.1) is 0 Å². The molecular formula is C22H19NO6. The van der Waals surface area contributed by atoms with Crippen molar-refractivity contribution < 1.29 is 29.0 Å². The van der Waals surface area contributed by atoms with Crippen LogP contribution >= 0.6 is 0 Å². The number of aliphatic hydroxyl groups excluding tert-OH is 1. The SMILES string of the molecule is O=C1CCC(N2C(=O)c3cccc(OCc4ccc(CO)cc4)c3C2=O)C(=O)C1. The van der Waals surface area contributed by atoms with E-state index < -0.39 is 23.6 Å². The van der Waals surface area contributed by atoms with Gasteiger partial charge in [-0.2, -0.15) is 0 Å². The number of fused-ring (bicyclic) bond motifs is 1. The third kappa shape index (κ3) is 3.45. The molecular weight excluding hydrogens is 374 g/mol. The number of hydrogen-bond donors (Lipinski definition) is 1. The zero-order valence-electron chi connectivity index (χ0n) is 15.6. The standard InChI is InChI=1S/C22H19NO6/c24-11-13-4-6-14(7-5-13)12-29-19-3-1-2-16-20(19)22(28)23(21(16)27)17-9-8-15(25)10-18(17)26/h1-7,17,24H,8-12H2. The minimum Gasteiger partial charge on any atom is -0.488 e. The molecule has 0 aromatic heterocycles. The first-order valence-corrected chi connectivity index (χ1v) is 9.36. The summed E-state index contributed by atoms with van der Waals surface area (Å²) in [6.07, 6.45) is 0.0960. The van der Waals surface area contributed by atoms with Gasteiger partial charge in [-0.05, 0) is 29.7 Å². The van der Waals surface area contributed by atoms with Crippen molar-refractivity contribution in [1.29, 1.82) is 0 Å². The highest BCUT2D eigenvalue weighted by Crippen LogP contribution is 2.34. The molecule has 1 fully saturated rings. The molecule has 1 atom stereocenters. The Bertz CT molecular complexity index is 1010. The summed E-state index contributed by atoms with van der Waals surface area (Å²) in [7, 11) is 0. The average Bonchev–Trinajstić information content (AvgIpc) is 2.98. The van der Waals surface area contributed by atoms with E-state index in [0.29, 0.717) is 0 Å². The molecule has 0 spiro atoms. The topological polar surface area (TPSA) is 101 Å². The zero-order valence-corrected chi connectivity index (χ0v) is 15.6. The first-order chi connectivity index (χ1) is 14.0. The van der Waals surface area contributed by atoms with Crippen molar-refractivity contribution in [2.45, 2.75) is 38.5 Å². The molecule has 1 unspecified atom stereocenters. The molecule has 2 aromatic rings. The van der Waals surface area contributed by atoms with Gasteiger partial charge in [0.1, 0.15) is 18.1 Å². The predicted octanol–water partition coefficient (Wildman–Crippen LogP) is 2.04. The third-order valence-electron chi connectivity index (χ3n) is 5.26. The summed E-state index contributed by atoms with van der Waals surface area (Å²) in [5.74, 6) is -1.39. The second-order valence-electron chi connectivity index (χ2n) is 7.16. The number of ketones is 2. The third-order valence-corrected chi connectivity index (χ3v) is 5.26. The molecule has 1 N–H and O–H groups in total. The Kier molecular flexibility index (Phi) is 4.98. The number of carbonyl (C=O) groups excluding carboxylic acids is 4. The number of carbonyl (C=O) groups is 4. The van der Waals surface area contributed by atoms with Crippen LogP contribution in [0, 0.1) is 0 Å². The number of amides is 2. The van der Waals surface area contributed by atoms with Crippen molar-refractivity contribution in [3.63, 3.8) is 0 Å². The second-order valence-corrected chi connectivity index (χ2v) is 7.16. The van der Waals surface area contributed by atoms with Crippen LogP contribution in [-0.2, 0) is 22.8 Å². The highest BCUT2D eigenvalue weighted by atomic mass is 16.5. The molecule has 0 saturated heterocycles. The fourth-order valence-electron chi connectivity index (χ4n) is 3.71. The molecule has 4 rings (SSSR count). The molecule has 7 nitrogen and oxygen atoms in total. The van der Waals surface area contributed by atoms with E-state index >= 15 is 0 Å². The molecule has 2 amide bonds. The number of imide groups is 1. The first kappa shape index (κ1) is 19.0. The molecule has 0 bridgehead atoms. The van der Waals surface area contributed by atoms with E-state index in [2.05, 4.69) is 0 Å². The van der Waals surface area contributed by atoms with E-state index in [-0.39, 0.29) is 55.1 Å². The van der Waals surface area contributed by atoms with Crippen molar-refractivity contribution in [2.75, 3.05) is 0 Å². The van der Waals surface area contributed by atoms with Crippen molar-refractivity contribution in [3.05, 3.63) is 64.7 Å². The van der Waals surface area contributed by atoms with Gasteiger partial charge in [0.15, 0.2) is 5.78 Å². The van der Waals surface area contributed by atoms with Gasteiger partial charge >= 0.3 is 0 Å². The van der Waals surface area contributed by atoms with Gasteiger partial charge in [-0.25, -0.2) is 0 Å². The van der Waals surface area contributed by atoms with Crippen LogP contribution in [0.2, 0.25) is 0 Å². The average molecular weight is 393 g/mol.